The summed E-state index contributed by atoms with van der Waals surface area (Å²) in [6.45, 7) is 0. The maximum atomic E-state index is 6.32. The molecule has 0 radical (unpaired) electrons. The van der Waals surface area contributed by atoms with Crippen LogP contribution in [0.4, 0.5) is 5.69 Å². The second-order valence-electron chi connectivity index (χ2n) is 6.73. The van der Waals surface area contributed by atoms with Crippen molar-refractivity contribution < 1.29 is 0 Å². The lowest BCUT2D eigenvalue weighted by Gasteiger charge is -2.11. The van der Waals surface area contributed by atoms with Crippen molar-refractivity contribution in [3.8, 4) is 28.2 Å². The summed E-state index contributed by atoms with van der Waals surface area (Å²) in [4.78, 5) is 5.08. The van der Waals surface area contributed by atoms with Gasteiger partial charge in [0.05, 0.1) is 11.0 Å². The molecule has 0 aliphatic rings. The van der Waals surface area contributed by atoms with Gasteiger partial charge in [0.25, 0.3) is 0 Å². The van der Waals surface area contributed by atoms with Crippen molar-refractivity contribution in [1.82, 2.24) is 9.55 Å². The van der Waals surface area contributed by atoms with Crippen molar-refractivity contribution in [3.05, 3.63) is 103 Å². The van der Waals surface area contributed by atoms with Crippen molar-refractivity contribution in [2.75, 3.05) is 5.73 Å². The molecule has 4 aromatic carbocycles. The minimum atomic E-state index is 0.719. The number of hydrogen-bond donors (Lipinski definition) is 1. The summed E-state index contributed by atoms with van der Waals surface area (Å²) in [7, 11) is 0. The van der Waals surface area contributed by atoms with Gasteiger partial charge in [-0.3, -0.25) is 4.57 Å². The molecule has 0 saturated carbocycles. The van der Waals surface area contributed by atoms with Gasteiger partial charge in [0, 0.05) is 22.5 Å². The fourth-order valence-electron chi connectivity index (χ4n) is 3.67. The van der Waals surface area contributed by atoms with Gasteiger partial charge in [-0.1, -0.05) is 72.8 Å². The molecule has 0 aliphatic carbocycles. The lowest BCUT2D eigenvalue weighted by molar-refractivity contribution is 1.10. The molecule has 0 atom stereocenters. The standard InChI is InChI=1S/C25H19N3/c26-22-16-8-7-14-21(22)25-27-24-20(18-10-3-1-4-11-18)15-9-17-23(24)28(25)19-12-5-2-6-13-19/h1-17H,26H2. The number of hydrogen-bond acceptors (Lipinski definition) is 2. The molecular weight excluding hydrogens is 342 g/mol. The zero-order chi connectivity index (χ0) is 18.9. The summed E-state index contributed by atoms with van der Waals surface area (Å²) in [5.41, 5.74) is 13.3. The fourth-order valence-corrected chi connectivity index (χ4v) is 3.67. The fraction of sp³-hybridized carbons (Fsp3) is 0. The molecule has 134 valence electrons. The molecule has 0 bridgehead atoms. The van der Waals surface area contributed by atoms with Crippen molar-refractivity contribution in [3.63, 3.8) is 0 Å². The van der Waals surface area contributed by atoms with Gasteiger partial charge in [0.1, 0.15) is 5.82 Å². The second-order valence-corrected chi connectivity index (χ2v) is 6.73. The Hall–Kier alpha value is -3.85. The van der Waals surface area contributed by atoms with Crippen LogP contribution in [0.5, 0.6) is 0 Å². The second kappa shape index (κ2) is 6.71. The van der Waals surface area contributed by atoms with Gasteiger partial charge in [-0.2, -0.15) is 0 Å². The minimum Gasteiger partial charge on any atom is -0.398 e. The molecule has 0 spiro atoms. The van der Waals surface area contributed by atoms with Gasteiger partial charge in [0.2, 0.25) is 0 Å². The van der Waals surface area contributed by atoms with E-state index >= 15 is 0 Å². The molecule has 0 aliphatic heterocycles. The predicted octanol–water partition coefficient (Wildman–Crippen LogP) is 5.94. The number of anilines is 1. The first-order valence-electron chi connectivity index (χ1n) is 9.30. The molecule has 5 rings (SSSR count). The normalized spacial score (nSPS) is 11.0. The summed E-state index contributed by atoms with van der Waals surface area (Å²) >= 11 is 0. The van der Waals surface area contributed by atoms with Gasteiger partial charge < -0.3 is 5.73 Å². The lowest BCUT2D eigenvalue weighted by Crippen LogP contribution is -1.99. The van der Waals surface area contributed by atoms with Gasteiger partial charge in [-0.25, -0.2) is 4.98 Å². The van der Waals surface area contributed by atoms with Crippen molar-refractivity contribution in [2.24, 2.45) is 0 Å². The highest BCUT2D eigenvalue weighted by Crippen LogP contribution is 2.35. The van der Waals surface area contributed by atoms with E-state index in [-0.39, 0.29) is 0 Å². The molecule has 28 heavy (non-hydrogen) atoms. The van der Waals surface area contributed by atoms with E-state index in [0.29, 0.717) is 0 Å². The van der Waals surface area contributed by atoms with E-state index in [1.165, 1.54) is 0 Å². The van der Waals surface area contributed by atoms with E-state index in [0.717, 1.165) is 44.9 Å². The first-order valence-corrected chi connectivity index (χ1v) is 9.30. The average Bonchev–Trinajstić information content (AvgIpc) is 3.14. The number of nitrogens with two attached hydrogens (primary N) is 1. The molecule has 1 aromatic heterocycles. The van der Waals surface area contributed by atoms with Crippen molar-refractivity contribution in [2.45, 2.75) is 0 Å². The number of para-hydroxylation sites is 3. The van der Waals surface area contributed by atoms with Crippen molar-refractivity contribution in [1.29, 1.82) is 0 Å². The van der Waals surface area contributed by atoms with Crippen LogP contribution in [0.1, 0.15) is 0 Å². The molecule has 2 N–H and O–H groups in total. The summed E-state index contributed by atoms with van der Waals surface area (Å²) in [6.07, 6.45) is 0. The number of nitrogens with zero attached hydrogens (tertiary/aromatic N) is 2. The number of fused-ring (bicyclic) bond motifs is 1. The molecule has 1 heterocycles. The maximum Gasteiger partial charge on any atom is 0.147 e. The van der Waals surface area contributed by atoms with Crippen LogP contribution < -0.4 is 5.73 Å². The topological polar surface area (TPSA) is 43.8 Å². The average molecular weight is 361 g/mol. The van der Waals surface area contributed by atoms with E-state index in [4.69, 9.17) is 10.7 Å². The van der Waals surface area contributed by atoms with Crippen LogP contribution in [-0.4, -0.2) is 9.55 Å². The summed E-state index contributed by atoms with van der Waals surface area (Å²) in [5.74, 6) is 0.850. The van der Waals surface area contributed by atoms with Crippen LogP contribution >= 0.6 is 0 Å². The first kappa shape index (κ1) is 16.3. The number of rotatable bonds is 3. The summed E-state index contributed by atoms with van der Waals surface area (Å²) in [5, 5.41) is 0. The van der Waals surface area contributed by atoms with E-state index in [1.807, 2.05) is 48.5 Å². The zero-order valence-electron chi connectivity index (χ0n) is 15.3. The number of benzene rings is 4. The highest BCUT2D eigenvalue weighted by molar-refractivity contribution is 5.96. The summed E-state index contributed by atoms with van der Waals surface area (Å²) < 4.78 is 2.19. The van der Waals surface area contributed by atoms with E-state index in [2.05, 4.69) is 59.2 Å². The minimum absolute atomic E-state index is 0.719. The largest absolute Gasteiger partial charge is 0.398 e. The SMILES string of the molecule is Nc1ccccc1-c1nc2c(-c3ccccc3)cccc2n1-c1ccccc1. The van der Waals surface area contributed by atoms with Gasteiger partial charge >= 0.3 is 0 Å². The van der Waals surface area contributed by atoms with Crippen LogP contribution in [0.15, 0.2) is 103 Å². The Morgan fingerprint density at radius 2 is 1.25 bits per heavy atom. The predicted molar refractivity (Wildman–Crippen MR) is 116 cm³/mol. The van der Waals surface area contributed by atoms with Gasteiger partial charge in [-0.15, -0.1) is 0 Å². The smallest absolute Gasteiger partial charge is 0.147 e. The molecular formula is C25H19N3. The van der Waals surface area contributed by atoms with E-state index in [1.54, 1.807) is 0 Å². The van der Waals surface area contributed by atoms with E-state index < -0.39 is 0 Å². The molecule has 0 unspecified atom stereocenters. The Balaban J connectivity index is 1.88. The number of imidazole rings is 1. The Labute approximate surface area is 163 Å². The molecule has 0 fully saturated rings. The van der Waals surface area contributed by atoms with Crippen LogP contribution in [0, 0.1) is 0 Å². The Kier molecular flexibility index (Phi) is 3.91. The third kappa shape index (κ3) is 2.65. The Morgan fingerprint density at radius 3 is 2.00 bits per heavy atom. The third-order valence-electron chi connectivity index (χ3n) is 4.99. The van der Waals surface area contributed by atoms with Crippen LogP contribution in [0.2, 0.25) is 0 Å². The lowest BCUT2D eigenvalue weighted by atomic mass is 10.0. The molecule has 0 amide bonds. The van der Waals surface area contributed by atoms with Gasteiger partial charge in [-0.05, 0) is 35.9 Å². The molecule has 0 saturated heterocycles. The summed E-state index contributed by atoms with van der Waals surface area (Å²) in [6, 6.07) is 34.9. The quantitative estimate of drug-likeness (QED) is 0.404. The monoisotopic (exact) mass is 361 g/mol. The highest BCUT2D eigenvalue weighted by Gasteiger charge is 2.18. The highest BCUT2D eigenvalue weighted by atomic mass is 15.1. The van der Waals surface area contributed by atoms with Gasteiger partial charge in [0.15, 0.2) is 0 Å². The Morgan fingerprint density at radius 1 is 0.607 bits per heavy atom. The van der Waals surface area contributed by atoms with Crippen LogP contribution in [-0.2, 0) is 0 Å². The van der Waals surface area contributed by atoms with Crippen LogP contribution in [0.25, 0.3) is 39.2 Å². The molecule has 3 nitrogen and oxygen atoms in total. The molecule has 3 heteroatoms. The first-order chi connectivity index (χ1) is 13.8. The van der Waals surface area contributed by atoms with Crippen LogP contribution in [0.3, 0.4) is 0 Å². The maximum absolute atomic E-state index is 6.32. The third-order valence-corrected chi connectivity index (χ3v) is 4.99. The molecule has 5 aromatic rings. The number of aromatic nitrogens is 2. The number of nitrogen functional groups attached to an aromatic ring is 1. The van der Waals surface area contributed by atoms with E-state index in [9.17, 15) is 0 Å². The zero-order valence-corrected chi connectivity index (χ0v) is 15.3. The van der Waals surface area contributed by atoms with Crippen molar-refractivity contribution >= 4 is 16.7 Å². The Bertz CT molecular complexity index is 1260.